The average molecular weight is 575 g/mol. The van der Waals surface area contributed by atoms with Crippen LogP contribution < -0.4 is 16.2 Å². The maximum atomic E-state index is 15.2. The summed E-state index contributed by atoms with van der Waals surface area (Å²) in [6.07, 6.45) is 4.83. The lowest BCUT2D eigenvalue weighted by Crippen LogP contribution is -2.49. The fraction of sp³-hybridized carbons (Fsp3) is 0.375. The number of anilines is 1. The molecule has 1 saturated carbocycles. The van der Waals surface area contributed by atoms with Crippen LogP contribution in [-0.4, -0.2) is 31.8 Å². The minimum absolute atomic E-state index is 0.0279. The van der Waals surface area contributed by atoms with Gasteiger partial charge in [-0.15, -0.1) is 10.2 Å². The van der Waals surface area contributed by atoms with Crippen molar-refractivity contribution in [3.63, 3.8) is 0 Å². The highest BCUT2D eigenvalue weighted by molar-refractivity contribution is 6.04. The van der Waals surface area contributed by atoms with E-state index in [1.54, 1.807) is 24.7 Å². The summed E-state index contributed by atoms with van der Waals surface area (Å²) in [4.78, 5) is 27.1. The molecule has 1 amide bonds. The molecule has 0 aliphatic heterocycles. The Morgan fingerprint density at radius 2 is 1.79 bits per heavy atom. The molecular formula is C32H36F2N6O2. The number of carbonyl (C=O) groups excluding carboxylic acids is 1. The zero-order chi connectivity index (χ0) is 30.2. The molecular weight excluding hydrogens is 538 g/mol. The minimum atomic E-state index is -0.737. The third-order valence-corrected chi connectivity index (χ3v) is 7.77. The molecule has 8 nitrogen and oxygen atoms in total. The highest BCUT2D eigenvalue weighted by atomic mass is 19.1. The van der Waals surface area contributed by atoms with E-state index < -0.39 is 28.5 Å². The Kier molecular flexibility index (Phi) is 7.85. The van der Waals surface area contributed by atoms with Gasteiger partial charge >= 0.3 is 0 Å². The second-order valence-corrected chi connectivity index (χ2v) is 12.5. The zero-order valence-corrected chi connectivity index (χ0v) is 24.5. The van der Waals surface area contributed by atoms with Crippen molar-refractivity contribution in [1.82, 2.24) is 24.6 Å². The first kappa shape index (κ1) is 29.3. The third kappa shape index (κ3) is 5.76. The van der Waals surface area contributed by atoms with Crippen LogP contribution in [0.2, 0.25) is 0 Å². The van der Waals surface area contributed by atoms with Gasteiger partial charge < -0.3 is 15.2 Å². The zero-order valence-electron chi connectivity index (χ0n) is 24.5. The largest absolute Gasteiger partial charge is 0.320 e. The van der Waals surface area contributed by atoms with Crippen molar-refractivity contribution in [1.29, 1.82) is 0 Å². The predicted molar refractivity (Wildman–Crippen MR) is 158 cm³/mol. The van der Waals surface area contributed by atoms with Gasteiger partial charge in [0.2, 0.25) is 0 Å². The lowest BCUT2D eigenvalue weighted by molar-refractivity contribution is 0.0790. The van der Waals surface area contributed by atoms with Crippen LogP contribution >= 0.6 is 0 Å². The van der Waals surface area contributed by atoms with Gasteiger partial charge in [0.25, 0.3) is 11.5 Å². The van der Waals surface area contributed by atoms with Crippen molar-refractivity contribution in [3.05, 3.63) is 106 Å². The number of aryl methyl sites for hydroxylation is 1. The highest BCUT2D eigenvalue weighted by Gasteiger charge is 2.54. The molecule has 42 heavy (non-hydrogen) atoms. The number of rotatable bonds is 9. The Hall–Kier alpha value is -4.18. The number of carbonyl (C=O) groups is 1. The van der Waals surface area contributed by atoms with Crippen molar-refractivity contribution in [2.75, 3.05) is 11.9 Å². The van der Waals surface area contributed by atoms with Crippen LogP contribution in [-0.2, 0) is 19.0 Å². The smallest absolute Gasteiger partial charge is 0.267 e. The average Bonchev–Trinajstić information content (AvgIpc) is 3.35. The Labute approximate surface area is 243 Å². The summed E-state index contributed by atoms with van der Waals surface area (Å²) < 4.78 is 31.9. The van der Waals surface area contributed by atoms with Crippen LogP contribution in [0.5, 0.6) is 0 Å². The van der Waals surface area contributed by atoms with Gasteiger partial charge in [-0.1, -0.05) is 33.8 Å². The maximum absolute atomic E-state index is 15.2. The molecule has 0 spiro atoms. The van der Waals surface area contributed by atoms with Crippen molar-refractivity contribution in [3.8, 4) is 5.69 Å². The summed E-state index contributed by atoms with van der Waals surface area (Å²) in [6.45, 7) is 9.63. The van der Waals surface area contributed by atoms with Gasteiger partial charge in [-0.25, -0.2) is 8.78 Å². The van der Waals surface area contributed by atoms with E-state index in [-0.39, 0.29) is 16.7 Å². The fourth-order valence-electron chi connectivity index (χ4n) is 6.09. The number of nitrogens with one attached hydrogen (secondary N) is 2. The van der Waals surface area contributed by atoms with Gasteiger partial charge in [-0.05, 0) is 84.3 Å². The van der Waals surface area contributed by atoms with Gasteiger partial charge in [0, 0.05) is 25.5 Å². The minimum Gasteiger partial charge on any atom is -0.320 e. The summed E-state index contributed by atoms with van der Waals surface area (Å²) in [7, 11) is 1.88. The molecule has 1 fully saturated rings. The van der Waals surface area contributed by atoms with Gasteiger partial charge in [-0.2, -0.15) is 0 Å². The van der Waals surface area contributed by atoms with Crippen LogP contribution in [0.3, 0.4) is 0 Å². The van der Waals surface area contributed by atoms with E-state index in [4.69, 9.17) is 0 Å². The normalized spacial score (nSPS) is 15.4. The standard InChI is InChI=1S/C32H36F2N6O2/c1-20(2)14-35-15-21-12-25(29(42)40(16-21)24-9-7-23(33)8-10-24)28(41)37-27-13-22(6-11-26(27)34)32(17-31(3,4)18-32)30-38-36-19-39(30)5/h6-13,16,19-20,35H,14-15,17-18H2,1-5H3,(H,37,41). The number of benzene rings is 2. The maximum Gasteiger partial charge on any atom is 0.267 e. The number of amides is 1. The van der Waals surface area contributed by atoms with Crippen molar-refractivity contribution in [2.45, 2.75) is 52.5 Å². The molecule has 5 rings (SSSR count). The van der Waals surface area contributed by atoms with Gasteiger partial charge in [0.05, 0.1) is 11.1 Å². The van der Waals surface area contributed by atoms with E-state index in [0.717, 1.165) is 30.8 Å². The summed E-state index contributed by atoms with van der Waals surface area (Å²) in [5, 5.41) is 14.4. The van der Waals surface area contributed by atoms with Crippen LogP contribution in [0.15, 0.2) is 65.8 Å². The van der Waals surface area contributed by atoms with E-state index in [0.29, 0.717) is 23.7 Å². The van der Waals surface area contributed by atoms with Crippen molar-refractivity contribution in [2.24, 2.45) is 18.4 Å². The molecule has 0 bridgehead atoms. The lowest BCUT2D eigenvalue weighted by Gasteiger charge is -2.52. The van der Waals surface area contributed by atoms with E-state index in [1.165, 1.54) is 41.0 Å². The quantitative estimate of drug-likeness (QED) is 0.281. The van der Waals surface area contributed by atoms with Crippen LogP contribution in [0, 0.1) is 23.0 Å². The highest BCUT2D eigenvalue weighted by Crippen LogP contribution is 2.58. The summed E-state index contributed by atoms with van der Waals surface area (Å²) >= 11 is 0. The lowest BCUT2D eigenvalue weighted by atomic mass is 9.51. The second-order valence-electron chi connectivity index (χ2n) is 12.5. The number of pyridine rings is 1. The molecule has 0 atom stereocenters. The van der Waals surface area contributed by atoms with Crippen molar-refractivity contribution >= 4 is 11.6 Å². The van der Waals surface area contributed by atoms with Gasteiger partial charge in [0.1, 0.15) is 29.3 Å². The number of hydrogen-bond donors (Lipinski definition) is 2. The Balaban J connectivity index is 1.51. The monoisotopic (exact) mass is 574 g/mol. The first-order chi connectivity index (χ1) is 19.9. The second kappa shape index (κ2) is 11.2. The van der Waals surface area contributed by atoms with Crippen LogP contribution in [0.4, 0.5) is 14.5 Å². The summed E-state index contributed by atoms with van der Waals surface area (Å²) in [6, 6.07) is 11.6. The van der Waals surface area contributed by atoms with Gasteiger partial charge in [0.15, 0.2) is 0 Å². The number of aromatic nitrogens is 4. The number of nitrogens with zero attached hydrogens (tertiary/aromatic N) is 4. The molecule has 0 radical (unpaired) electrons. The number of hydrogen-bond acceptors (Lipinski definition) is 5. The van der Waals surface area contributed by atoms with Crippen LogP contribution in [0.25, 0.3) is 5.69 Å². The fourth-order valence-corrected chi connectivity index (χ4v) is 6.09. The van der Waals surface area contributed by atoms with Crippen LogP contribution in [0.1, 0.15) is 67.8 Å². The predicted octanol–water partition coefficient (Wildman–Crippen LogP) is 5.35. The first-order valence-corrected chi connectivity index (χ1v) is 14.1. The van der Waals surface area contributed by atoms with E-state index in [2.05, 4.69) is 48.5 Å². The van der Waals surface area contributed by atoms with E-state index in [9.17, 15) is 14.0 Å². The number of halogens is 2. The van der Waals surface area contributed by atoms with E-state index in [1.807, 2.05) is 11.6 Å². The molecule has 1 aliphatic carbocycles. The van der Waals surface area contributed by atoms with E-state index >= 15 is 4.39 Å². The molecule has 0 unspecified atom stereocenters. The molecule has 4 aromatic rings. The topological polar surface area (TPSA) is 93.8 Å². The Bertz CT molecular complexity index is 1670. The SMILES string of the molecule is CC(C)CNCc1cc(C(=O)Nc2cc(C3(c4nncn4C)CC(C)(C)C3)ccc2F)c(=O)n(-c2ccc(F)cc2)c1. The van der Waals surface area contributed by atoms with Gasteiger partial charge in [-0.3, -0.25) is 14.2 Å². The van der Waals surface area contributed by atoms with Crippen molar-refractivity contribution < 1.29 is 13.6 Å². The molecule has 1 aliphatic rings. The molecule has 2 aromatic carbocycles. The molecule has 2 aromatic heterocycles. The Morgan fingerprint density at radius 3 is 2.40 bits per heavy atom. The molecule has 0 saturated heterocycles. The molecule has 2 heterocycles. The molecule has 220 valence electrons. The third-order valence-electron chi connectivity index (χ3n) is 7.77. The summed E-state index contributed by atoms with van der Waals surface area (Å²) in [5.41, 5.74) is 0.688. The summed E-state index contributed by atoms with van der Waals surface area (Å²) in [5.74, 6) is -0.623. The first-order valence-electron chi connectivity index (χ1n) is 14.1. The molecule has 10 heteroatoms. The Morgan fingerprint density at radius 1 is 1.07 bits per heavy atom. The molecule has 2 N–H and O–H groups in total.